The maximum Gasteiger partial charge on any atom is 0.284 e. The minimum Gasteiger partial charge on any atom is -0.325 e. The summed E-state index contributed by atoms with van der Waals surface area (Å²) in [5, 5.41) is 6.91. The number of nitrogens with one attached hydrogen (secondary N) is 2. The molecule has 11 heteroatoms. The highest BCUT2D eigenvalue weighted by Gasteiger charge is 2.27. The number of hydrogen-bond acceptors (Lipinski definition) is 4. The SMILES string of the molecule is CC(C)c1[nH]n(-c2c(Cl)cc(Cl)cc2Cl)c2nc(Cc3ccc(NC(=O)CCl)cc3)nc(=O)c1-2. The smallest absolute Gasteiger partial charge is 0.284 e. The lowest BCUT2D eigenvalue weighted by molar-refractivity contribution is -0.113. The molecule has 0 saturated heterocycles. The van der Waals surface area contributed by atoms with Crippen LogP contribution in [0.4, 0.5) is 5.69 Å². The van der Waals surface area contributed by atoms with E-state index < -0.39 is 5.56 Å². The first-order valence-corrected chi connectivity index (χ1v) is 12.0. The predicted octanol–water partition coefficient (Wildman–Crippen LogP) is 5.91. The molecule has 0 fully saturated rings. The lowest BCUT2D eigenvalue weighted by Crippen LogP contribution is -2.18. The van der Waals surface area contributed by atoms with Crippen LogP contribution in [0, 0.1) is 0 Å². The van der Waals surface area contributed by atoms with Gasteiger partial charge < -0.3 is 5.32 Å². The number of rotatable bonds is 6. The minimum absolute atomic E-state index is 0.00788. The Morgan fingerprint density at radius 1 is 1.09 bits per heavy atom. The topological polar surface area (TPSA) is 92.7 Å². The first-order valence-electron chi connectivity index (χ1n) is 10.3. The second-order valence-electron chi connectivity index (χ2n) is 7.93. The van der Waals surface area contributed by atoms with E-state index in [0.29, 0.717) is 55.8 Å². The summed E-state index contributed by atoms with van der Waals surface area (Å²) in [6, 6.07) is 10.3. The zero-order chi connectivity index (χ0) is 24.6. The Balaban J connectivity index is 1.79. The summed E-state index contributed by atoms with van der Waals surface area (Å²) in [6.07, 6.45) is 0.305. The van der Waals surface area contributed by atoms with Gasteiger partial charge in [-0.15, -0.1) is 11.6 Å². The number of carbonyl (C=O) groups excluding carboxylic acids is 1. The number of aromatic amines is 1. The molecular formula is C23H19Cl4N5O2. The molecule has 2 aliphatic rings. The van der Waals surface area contributed by atoms with Crippen molar-refractivity contribution in [3.8, 4) is 17.1 Å². The van der Waals surface area contributed by atoms with Crippen LogP contribution in [0.1, 0.15) is 36.8 Å². The van der Waals surface area contributed by atoms with Crippen molar-refractivity contribution >= 4 is 58.0 Å². The molecule has 7 nitrogen and oxygen atoms in total. The third kappa shape index (κ3) is 4.93. The number of fused-ring (bicyclic) bond motifs is 1. The second kappa shape index (κ2) is 9.96. The highest BCUT2D eigenvalue weighted by molar-refractivity contribution is 6.40. The second-order valence-corrected chi connectivity index (χ2v) is 9.45. The molecule has 0 aromatic heterocycles. The van der Waals surface area contributed by atoms with Crippen LogP contribution in [-0.2, 0) is 11.2 Å². The Hall–Kier alpha value is -2.58. The van der Waals surface area contributed by atoms with Gasteiger partial charge in [-0.2, -0.15) is 4.98 Å². The van der Waals surface area contributed by atoms with Gasteiger partial charge in [-0.3, -0.25) is 14.7 Å². The number of amides is 1. The van der Waals surface area contributed by atoms with Crippen molar-refractivity contribution in [2.45, 2.75) is 26.2 Å². The van der Waals surface area contributed by atoms with Crippen molar-refractivity contribution in [2.24, 2.45) is 0 Å². The molecule has 34 heavy (non-hydrogen) atoms. The number of benzene rings is 2. The Labute approximate surface area is 215 Å². The lowest BCUT2D eigenvalue weighted by atomic mass is 10.1. The molecule has 0 saturated carbocycles. The van der Waals surface area contributed by atoms with Gasteiger partial charge in [-0.1, -0.05) is 60.8 Å². The molecule has 2 aliphatic heterocycles. The van der Waals surface area contributed by atoms with Gasteiger partial charge in [0.25, 0.3) is 5.56 Å². The van der Waals surface area contributed by atoms with Gasteiger partial charge in [0, 0.05) is 17.1 Å². The van der Waals surface area contributed by atoms with Crippen LogP contribution in [0.15, 0.2) is 41.2 Å². The molecule has 0 radical (unpaired) electrons. The van der Waals surface area contributed by atoms with Gasteiger partial charge in [0.2, 0.25) is 5.91 Å². The van der Waals surface area contributed by atoms with Crippen molar-refractivity contribution in [3.63, 3.8) is 0 Å². The normalized spacial score (nSPS) is 11.4. The summed E-state index contributed by atoms with van der Waals surface area (Å²) in [5.41, 5.74) is 2.57. The summed E-state index contributed by atoms with van der Waals surface area (Å²) in [5.74, 6) is 0.275. The summed E-state index contributed by atoms with van der Waals surface area (Å²) in [7, 11) is 0. The number of aromatic nitrogens is 4. The molecule has 176 valence electrons. The fraction of sp³-hybridized carbons (Fsp3) is 0.217. The molecule has 0 spiro atoms. The van der Waals surface area contributed by atoms with Gasteiger partial charge in [0.15, 0.2) is 5.82 Å². The van der Waals surface area contributed by atoms with E-state index in [1.807, 2.05) is 26.0 Å². The van der Waals surface area contributed by atoms with Crippen LogP contribution in [0.2, 0.25) is 15.1 Å². The number of nitrogens with zero attached hydrogens (tertiary/aromatic N) is 3. The molecular weight excluding hydrogens is 520 g/mol. The van der Waals surface area contributed by atoms with Crippen LogP contribution in [0.3, 0.4) is 0 Å². The van der Waals surface area contributed by atoms with Crippen LogP contribution < -0.4 is 10.9 Å². The van der Waals surface area contributed by atoms with E-state index in [0.717, 1.165) is 5.56 Å². The first kappa shape index (κ1) is 24.5. The van der Waals surface area contributed by atoms with E-state index in [4.69, 9.17) is 46.4 Å². The van der Waals surface area contributed by atoms with E-state index in [1.54, 1.807) is 28.9 Å². The third-order valence-corrected chi connectivity index (χ3v) is 6.16. The Morgan fingerprint density at radius 2 is 1.74 bits per heavy atom. The zero-order valence-corrected chi connectivity index (χ0v) is 21.1. The lowest BCUT2D eigenvalue weighted by Gasteiger charge is -2.11. The first-order chi connectivity index (χ1) is 16.2. The van der Waals surface area contributed by atoms with Crippen LogP contribution in [0.5, 0.6) is 0 Å². The Bertz CT molecular complexity index is 1370. The van der Waals surface area contributed by atoms with Crippen molar-refractivity contribution in [1.82, 2.24) is 19.7 Å². The van der Waals surface area contributed by atoms with E-state index in [-0.39, 0.29) is 17.7 Å². The molecule has 2 N–H and O–H groups in total. The fourth-order valence-corrected chi connectivity index (χ4v) is 4.64. The standard InChI is InChI=1S/C23H19Cl4N5O2/c1-11(2)20-19-22(32(31-20)21-15(26)8-13(25)9-16(21)27)29-17(30-23(19)34)7-12-3-5-14(6-4-12)28-18(33)10-24/h3-6,8-9,11,31H,7,10H2,1-2H3,(H,28,33). The van der Waals surface area contributed by atoms with Crippen LogP contribution in [-0.4, -0.2) is 31.5 Å². The molecule has 2 aromatic carbocycles. The summed E-state index contributed by atoms with van der Waals surface area (Å²) < 4.78 is 1.60. The van der Waals surface area contributed by atoms with E-state index in [1.165, 1.54) is 0 Å². The molecule has 1 amide bonds. The molecule has 0 bridgehead atoms. The molecule has 4 rings (SSSR count). The largest absolute Gasteiger partial charge is 0.325 e. The van der Waals surface area contributed by atoms with Gasteiger partial charge in [-0.05, 0) is 35.7 Å². The number of alkyl halides is 1. The predicted molar refractivity (Wildman–Crippen MR) is 136 cm³/mol. The number of halogens is 4. The third-order valence-electron chi connectivity index (χ3n) is 5.12. The number of anilines is 1. The molecule has 0 aliphatic carbocycles. The highest BCUT2D eigenvalue weighted by atomic mass is 35.5. The fourth-order valence-electron chi connectivity index (χ4n) is 3.59. The Kier molecular flexibility index (Phi) is 7.19. The average molecular weight is 539 g/mol. The highest BCUT2D eigenvalue weighted by Crippen LogP contribution is 2.36. The summed E-state index contributed by atoms with van der Waals surface area (Å²) in [6.45, 7) is 3.91. The van der Waals surface area contributed by atoms with Gasteiger partial charge in [0.1, 0.15) is 23.0 Å². The Morgan fingerprint density at radius 3 is 2.32 bits per heavy atom. The molecule has 0 unspecified atom stereocenters. The van der Waals surface area contributed by atoms with Crippen molar-refractivity contribution < 1.29 is 4.79 Å². The van der Waals surface area contributed by atoms with Crippen molar-refractivity contribution in [3.05, 3.63) is 78.9 Å². The van der Waals surface area contributed by atoms with Gasteiger partial charge in [-0.25, -0.2) is 9.67 Å². The van der Waals surface area contributed by atoms with Crippen LogP contribution in [0.25, 0.3) is 17.1 Å². The molecule has 0 atom stereocenters. The van der Waals surface area contributed by atoms with E-state index in [2.05, 4.69) is 20.4 Å². The summed E-state index contributed by atoms with van der Waals surface area (Å²) in [4.78, 5) is 33.4. The molecule has 2 heterocycles. The number of H-pyrrole nitrogens is 1. The summed E-state index contributed by atoms with van der Waals surface area (Å²) >= 11 is 24.5. The molecule has 2 aromatic rings. The zero-order valence-electron chi connectivity index (χ0n) is 18.1. The maximum atomic E-state index is 13.1. The van der Waals surface area contributed by atoms with Gasteiger partial charge >= 0.3 is 0 Å². The monoisotopic (exact) mass is 537 g/mol. The minimum atomic E-state index is -0.397. The van der Waals surface area contributed by atoms with Crippen LogP contribution >= 0.6 is 46.4 Å². The van der Waals surface area contributed by atoms with E-state index in [9.17, 15) is 9.59 Å². The quantitative estimate of drug-likeness (QED) is 0.298. The van der Waals surface area contributed by atoms with Crippen molar-refractivity contribution in [1.29, 1.82) is 0 Å². The average Bonchev–Trinajstić information content (AvgIpc) is 3.14. The van der Waals surface area contributed by atoms with E-state index >= 15 is 0 Å². The number of carbonyl (C=O) groups is 1. The van der Waals surface area contributed by atoms with Crippen molar-refractivity contribution in [2.75, 3.05) is 11.2 Å². The maximum absolute atomic E-state index is 13.1. The van der Waals surface area contributed by atoms with Gasteiger partial charge in [0.05, 0.1) is 15.7 Å². The number of hydrogen-bond donors (Lipinski definition) is 2.